The van der Waals surface area contributed by atoms with E-state index >= 15 is 0 Å². The molecule has 0 fully saturated rings. The minimum atomic E-state index is -3.21. The summed E-state index contributed by atoms with van der Waals surface area (Å²) in [6.07, 6.45) is 4.32. The molecule has 3 rings (SSSR count). The van der Waals surface area contributed by atoms with Crippen LogP contribution in [0.4, 0.5) is 0 Å². The van der Waals surface area contributed by atoms with E-state index in [1.54, 1.807) is 36.8 Å². The van der Waals surface area contributed by atoms with Crippen molar-refractivity contribution in [3.8, 4) is 11.4 Å². The van der Waals surface area contributed by atoms with Gasteiger partial charge in [-0.2, -0.15) is 0 Å². The van der Waals surface area contributed by atoms with Gasteiger partial charge in [-0.3, -0.25) is 0 Å². The second-order valence-corrected chi connectivity index (χ2v) is 6.06. The van der Waals surface area contributed by atoms with Crippen LogP contribution in [0.15, 0.2) is 46.1 Å². The fourth-order valence-corrected chi connectivity index (χ4v) is 2.40. The van der Waals surface area contributed by atoms with Gasteiger partial charge in [-0.1, -0.05) is 0 Å². The number of nitrogens with one attached hydrogen (secondary N) is 1. The molecule has 1 aromatic carbocycles. The molecule has 6 heteroatoms. The van der Waals surface area contributed by atoms with Gasteiger partial charge in [0.05, 0.1) is 27.8 Å². The van der Waals surface area contributed by atoms with Crippen LogP contribution in [0.2, 0.25) is 0 Å². The number of aromatic nitrogens is 2. The quantitative estimate of drug-likeness (QED) is 0.768. The van der Waals surface area contributed by atoms with Crippen LogP contribution in [0.5, 0.6) is 0 Å². The van der Waals surface area contributed by atoms with Crippen molar-refractivity contribution in [3.63, 3.8) is 0 Å². The van der Waals surface area contributed by atoms with E-state index in [2.05, 4.69) is 9.97 Å². The first kappa shape index (κ1) is 11.0. The Balaban J connectivity index is 2.19. The van der Waals surface area contributed by atoms with E-state index < -0.39 is 9.84 Å². The minimum Gasteiger partial charge on any atom is -0.472 e. The maximum atomic E-state index is 11.5. The molecule has 5 nitrogen and oxygen atoms in total. The highest BCUT2D eigenvalue weighted by atomic mass is 32.2. The van der Waals surface area contributed by atoms with Crippen molar-refractivity contribution in [1.82, 2.24) is 9.97 Å². The lowest BCUT2D eigenvalue weighted by molar-refractivity contribution is 0.568. The topological polar surface area (TPSA) is 76.0 Å². The number of fused-ring (bicyclic) bond motifs is 1. The summed E-state index contributed by atoms with van der Waals surface area (Å²) in [5.74, 6) is 0.657. The summed E-state index contributed by atoms with van der Waals surface area (Å²) in [6, 6.07) is 6.61. The highest BCUT2D eigenvalue weighted by Gasteiger charge is 2.11. The summed E-state index contributed by atoms with van der Waals surface area (Å²) < 4.78 is 27.9. The Morgan fingerprint density at radius 3 is 2.78 bits per heavy atom. The highest BCUT2D eigenvalue weighted by molar-refractivity contribution is 7.90. The van der Waals surface area contributed by atoms with Crippen LogP contribution in [0.3, 0.4) is 0 Å². The fraction of sp³-hybridized carbons (Fsp3) is 0.0833. The Kier molecular flexibility index (Phi) is 2.27. The zero-order chi connectivity index (χ0) is 12.8. The first-order valence-corrected chi connectivity index (χ1v) is 7.15. The van der Waals surface area contributed by atoms with Gasteiger partial charge in [-0.15, -0.1) is 0 Å². The van der Waals surface area contributed by atoms with Crippen molar-refractivity contribution in [2.24, 2.45) is 0 Å². The molecule has 0 saturated carbocycles. The average molecular weight is 262 g/mol. The number of aromatic amines is 1. The summed E-state index contributed by atoms with van der Waals surface area (Å²) in [6.45, 7) is 0. The normalized spacial score (nSPS) is 12.1. The Morgan fingerprint density at radius 1 is 1.28 bits per heavy atom. The lowest BCUT2D eigenvalue weighted by atomic mass is 10.3. The van der Waals surface area contributed by atoms with Crippen molar-refractivity contribution >= 4 is 20.9 Å². The number of benzene rings is 1. The predicted molar refractivity (Wildman–Crippen MR) is 66.9 cm³/mol. The number of sulfone groups is 1. The molecule has 3 aromatic rings. The van der Waals surface area contributed by atoms with E-state index in [-0.39, 0.29) is 4.90 Å². The summed E-state index contributed by atoms with van der Waals surface area (Å²) in [4.78, 5) is 7.72. The van der Waals surface area contributed by atoms with Crippen molar-refractivity contribution in [2.75, 3.05) is 6.26 Å². The fourth-order valence-electron chi connectivity index (χ4n) is 1.76. The van der Waals surface area contributed by atoms with Gasteiger partial charge in [0, 0.05) is 6.26 Å². The van der Waals surface area contributed by atoms with Gasteiger partial charge in [-0.25, -0.2) is 13.4 Å². The van der Waals surface area contributed by atoms with Crippen LogP contribution >= 0.6 is 0 Å². The van der Waals surface area contributed by atoms with Crippen LogP contribution in [0, 0.1) is 0 Å². The molecule has 1 N–H and O–H groups in total. The molecular weight excluding hydrogens is 252 g/mol. The molecule has 92 valence electrons. The summed E-state index contributed by atoms with van der Waals surface area (Å²) >= 11 is 0. The Bertz CT molecular complexity index is 801. The van der Waals surface area contributed by atoms with E-state index in [1.807, 2.05) is 0 Å². The average Bonchev–Trinajstić information content (AvgIpc) is 2.95. The molecule has 0 aliphatic rings. The van der Waals surface area contributed by atoms with E-state index in [0.29, 0.717) is 11.3 Å². The minimum absolute atomic E-state index is 0.275. The van der Waals surface area contributed by atoms with Gasteiger partial charge in [-0.05, 0) is 24.3 Å². The molecular formula is C12H10N2O3S. The van der Waals surface area contributed by atoms with Crippen molar-refractivity contribution < 1.29 is 12.8 Å². The van der Waals surface area contributed by atoms with Gasteiger partial charge in [0.25, 0.3) is 0 Å². The van der Waals surface area contributed by atoms with Crippen LogP contribution in [0.1, 0.15) is 0 Å². The molecule has 0 atom stereocenters. The molecule has 0 amide bonds. The lowest BCUT2D eigenvalue weighted by Crippen LogP contribution is -1.96. The SMILES string of the molecule is CS(=O)(=O)c1ccc2nc(-c3ccoc3)[nH]c2c1. The van der Waals surface area contributed by atoms with Gasteiger partial charge >= 0.3 is 0 Å². The Hall–Kier alpha value is -2.08. The van der Waals surface area contributed by atoms with Gasteiger partial charge in [0.15, 0.2) is 9.84 Å². The third kappa shape index (κ3) is 1.80. The molecule has 0 bridgehead atoms. The summed E-state index contributed by atoms with van der Waals surface area (Å²) in [5.41, 5.74) is 2.24. The molecule has 0 unspecified atom stereocenters. The number of rotatable bonds is 2. The Labute approximate surface area is 103 Å². The van der Waals surface area contributed by atoms with Crippen LogP contribution in [-0.4, -0.2) is 24.6 Å². The van der Waals surface area contributed by atoms with Gasteiger partial charge < -0.3 is 9.40 Å². The second-order valence-electron chi connectivity index (χ2n) is 4.05. The maximum Gasteiger partial charge on any atom is 0.175 e. The maximum absolute atomic E-state index is 11.5. The predicted octanol–water partition coefficient (Wildman–Crippen LogP) is 2.23. The van der Waals surface area contributed by atoms with Crippen LogP contribution in [-0.2, 0) is 9.84 Å². The molecule has 0 spiro atoms. The third-order valence-corrected chi connectivity index (χ3v) is 3.79. The third-order valence-electron chi connectivity index (χ3n) is 2.68. The standard InChI is InChI=1S/C12H10N2O3S/c1-18(15,16)9-2-3-10-11(6-9)14-12(13-10)8-4-5-17-7-8/h2-7H,1H3,(H,13,14). The van der Waals surface area contributed by atoms with Crippen molar-refractivity contribution in [1.29, 1.82) is 0 Å². The number of nitrogens with zero attached hydrogens (tertiary/aromatic N) is 1. The lowest BCUT2D eigenvalue weighted by Gasteiger charge is -1.96. The summed E-state index contributed by atoms with van der Waals surface area (Å²) in [5, 5.41) is 0. The number of H-pyrrole nitrogens is 1. The number of hydrogen-bond acceptors (Lipinski definition) is 4. The molecule has 2 aromatic heterocycles. The van der Waals surface area contributed by atoms with E-state index in [0.717, 1.165) is 11.1 Å². The zero-order valence-electron chi connectivity index (χ0n) is 9.54. The van der Waals surface area contributed by atoms with Crippen LogP contribution < -0.4 is 0 Å². The largest absolute Gasteiger partial charge is 0.472 e. The van der Waals surface area contributed by atoms with E-state index in [4.69, 9.17) is 4.42 Å². The first-order chi connectivity index (χ1) is 8.54. The van der Waals surface area contributed by atoms with Gasteiger partial charge in [0.2, 0.25) is 0 Å². The zero-order valence-corrected chi connectivity index (χ0v) is 10.4. The Morgan fingerprint density at radius 2 is 2.11 bits per heavy atom. The molecule has 0 aliphatic heterocycles. The number of furan rings is 1. The van der Waals surface area contributed by atoms with E-state index in [9.17, 15) is 8.42 Å². The first-order valence-electron chi connectivity index (χ1n) is 5.26. The molecule has 0 aliphatic carbocycles. The van der Waals surface area contributed by atoms with Gasteiger partial charge in [0.1, 0.15) is 12.1 Å². The molecule has 0 radical (unpaired) electrons. The molecule has 2 heterocycles. The smallest absolute Gasteiger partial charge is 0.175 e. The number of imidazole rings is 1. The van der Waals surface area contributed by atoms with Crippen molar-refractivity contribution in [2.45, 2.75) is 4.90 Å². The molecule has 18 heavy (non-hydrogen) atoms. The van der Waals surface area contributed by atoms with E-state index in [1.165, 1.54) is 6.26 Å². The summed E-state index contributed by atoms with van der Waals surface area (Å²) in [7, 11) is -3.21. The molecule has 0 saturated heterocycles. The second kappa shape index (κ2) is 3.71. The van der Waals surface area contributed by atoms with Crippen molar-refractivity contribution in [3.05, 3.63) is 36.8 Å². The highest BCUT2D eigenvalue weighted by Crippen LogP contribution is 2.22. The number of hydrogen-bond donors (Lipinski definition) is 1. The van der Waals surface area contributed by atoms with Crippen LogP contribution in [0.25, 0.3) is 22.4 Å². The monoisotopic (exact) mass is 262 g/mol.